The zero-order valence-corrected chi connectivity index (χ0v) is 18.4. The van der Waals surface area contributed by atoms with Crippen molar-refractivity contribution in [3.05, 3.63) is 88.5 Å². The van der Waals surface area contributed by atoms with E-state index >= 15 is 0 Å². The van der Waals surface area contributed by atoms with Gasteiger partial charge < -0.3 is 15.0 Å². The highest BCUT2D eigenvalue weighted by atomic mass is 16.3. The molecule has 7 heteroatoms. The van der Waals surface area contributed by atoms with Gasteiger partial charge in [-0.25, -0.2) is 0 Å². The predicted octanol–water partition coefficient (Wildman–Crippen LogP) is 2.95. The number of nitrogens with one attached hydrogen (secondary N) is 1. The number of aromatic nitrogens is 3. The first-order valence-electron chi connectivity index (χ1n) is 11.1. The average molecular weight is 443 g/mol. The van der Waals surface area contributed by atoms with Gasteiger partial charge in [0.15, 0.2) is 0 Å². The Morgan fingerprint density at radius 2 is 2.00 bits per heavy atom. The van der Waals surface area contributed by atoms with Crippen molar-refractivity contribution in [2.75, 3.05) is 6.54 Å². The lowest BCUT2D eigenvalue weighted by Crippen LogP contribution is -2.38. The molecule has 1 aliphatic carbocycles. The van der Waals surface area contributed by atoms with Gasteiger partial charge in [0.05, 0.1) is 18.3 Å². The van der Waals surface area contributed by atoms with E-state index in [9.17, 15) is 14.7 Å². The second kappa shape index (κ2) is 8.67. The molecule has 0 spiro atoms. The molecule has 2 N–H and O–H groups in total. The molecule has 1 saturated carbocycles. The first-order chi connectivity index (χ1) is 16.0. The van der Waals surface area contributed by atoms with Gasteiger partial charge in [0.1, 0.15) is 0 Å². The minimum atomic E-state index is -0.225. The van der Waals surface area contributed by atoms with Crippen molar-refractivity contribution >= 4 is 16.7 Å². The Kier molecular flexibility index (Phi) is 5.56. The zero-order valence-electron chi connectivity index (χ0n) is 18.4. The molecule has 1 fully saturated rings. The number of nitrogens with zero attached hydrogens (tertiary/aromatic N) is 3. The molecule has 0 aliphatic heterocycles. The summed E-state index contributed by atoms with van der Waals surface area (Å²) in [6.45, 7) is 0.958. The summed E-state index contributed by atoms with van der Waals surface area (Å²) in [5.41, 5.74) is 3.39. The molecule has 0 saturated heterocycles. The lowest BCUT2D eigenvalue weighted by molar-refractivity contribution is 0.0420. The maximum Gasteiger partial charge on any atom is 0.258 e. The largest absolute Gasteiger partial charge is 0.393 e. The third kappa shape index (κ3) is 4.32. The zero-order chi connectivity index (χ0) is 22.9. The third-order valence-corrected chi connectivity index (χ3v) is 6.40. The molecule has 1 amide bonds. The maximum absolute atomic E-state index is 13.1. The van der Waals surface area contributed by atoms with Gasteiger partial charge in [-0.05, 0) is 66.1 Å². The molecule has 0 atom stereocenters. The molecule has 1 aliphatic rings. The summed E-state index contributed by atoms with van der Waals surface area (Å²) in [4.78, 5) is 25.6. The first kappa shape index (κ1) is 21.2. The van der Waals surface area contributed by atoms with Gasteiger partial charge in [-0.2, -0.15) is 5.10 Å². The number of aryl methyl sites for hydroxylation is 1. The summed E-state index contributed by atoms with van der Waals surface area (Å²) in [6, 6.07) is 17.1. The van der Waals surface area contributed by atoms with Gasteiger partial charge in [0, 0.05) is 42.5 Å². The number of aliphatic hydroxyl groups excluding tert-OH is 1. The second-order valence-corrected chi connectivity index (χ2v) is 8.79. The van der Waals surface area contributed by atoms with E-state index in [4.69, 9.17) is 0 Å². The molecule has 0 unspecified atom stereocenters. The Morgan fingerprint density at radius 1 is 1.15 bits per heavy atom. The molecule has 7 nitrogen and oxygen atoms in total. The number of carbonyl (C=O) groups is 1. The van der Waals surface area contributed by atoms with E-state index in [0.29, 0.717) is 30.0 Å². The maximum atomic E-state index is 13.1. The summed E-state index contributed by atoms with van der Waals surface area (Å²) in [7, 11) is 1.89. The van der Waals surface area contributed by atoms with Crippen LogP contribution in [0.5, 0.6) is 0 Å². The summed E-state index contributed by atoms with van der Waals surface area (Å²) in [5, 5.41) is 18.1. The second-order valence-electron chi connectivity index (χ2n) is 8.79. The van der Waals surface area contributed by atoms with Crippen molar-refractivity contribution < 1.29 is 9.90 Å². The van der Waals surface area contributed by atoms with Crippen molar-refractivity contribution in [1.29, 1.82) is 0 Å². The highest BCUT2D eigenvalue weighted by Gasteiger charge is 2.27. The van der Waals surface area contributed by atoms with Gasteiger partial charge in [-0.3, -0.25) is 14.3 Å². The number of hydrogen-bond acceptors (Lipinski definition) is 4. The number of pyridine rings is 1. The fraction of sp³-hybridized carbons (Fsp3) is 0.269. The van der Waals surface area contributed by atoms with Crippen LogP contribution in [-0.2, 0) is 13.6 Å². The Hall–Kier alpha value is -3.71. The Morgan fingerprint density at radius 3 is 2.76 bits per heavy atom. The number of fused-ring (bicyclic) bond motifs is 1. The third-order valence-electron chi connectivity index (χ3n) is 6.40. The minimum absolute atomic E-state index is 0.0672. The standard InChI is InChI=1S/C26H26N4O3/c1-29-24(7-9-28-29)20-5-6-23-19(14-20)8-10-30(26(23)33)16-17-3-2-4-21(11-17)25(32)27-15-18-12-22(31)13-18/h2-11,14,18,22,31H,12-13,15-16H2,1H3,(H,27,32). The molecule has 2 aromatic carbocycles. The molecular weight excluding hydrogens is 416 g/mol. The van der Waals surface area contributed by atoms with Gasteiger partial charge in [0.2, 0.25) is 0 Å². The van der Waals surface area contributed by atoms with E-state index in [1.54, 1.807) is 27.7 Å². The Labute approximate surface area is 191 Å². The van der Waals surface area contributed by atoms with E-state index in [0.717, 1.165) is 35.0 Å². The Bertz CT molecular complexity index is 1380. The van der Waals surface area contributed by atoms with E-state index < -0.39 is 0 Å². The number of benzene rings is 2. The number of hydrogen-bond donors (Lipinski definition) is 2. The average Bonchev–Trinajstić information content (AvgIpc) is 3.23. The van der Waals surface area contributed by atoms with Crippen molar-refractivity contribution in [3.63, 3.8) is 0 Å². The highest BCUT2D eigenvalue weighted by molar-refractivity contribution is 5.94. The molecule has 168 valence electrons. The fourth-order valence-corrected chi connectivity index (χ4v) is 4.44. The van der Waals surface area contributed by atoms with E-state index in [1.165, 1.54) is 0 Å². The molecule has 0 bridgehead atoms. The smallest absolute Gasteiger partial charge is 0.258 e. The molecule has 0 radical (unpaired) electrons. The SMILES string of the molecule is Cn1nccc1-c1ccc2c(=O)n(Cc3cccc(C(=O)NCC4CC(O)C4)c3)ccc2c1. The summed E-state index contributed by atoms with van der Waals surface area (Å²) < 4.78 is 3.47. The van der Waals surface area contributed by atoms with Gasteiger partial charge in [-0.15, -0.1) is 0 Å². The molecule has 2 heterocycles. The van der Waals surface area contributed by atoms with Crippen LogP contribution in [-0.4, -0.2) is 38.0 Å². The quantitative estimate of drug-likeness (QED) is 0.481. The summed E-state index contributed by atoms with van der Waals surface area (Å²) >= 11 is 0. The fourth-order valence-electron chi connectivity index (χ4n) is 4.44. The van der Waals surface area contributed by atoms with Crippen molar-refractivity contribution in [3.8, 4) is 11.3 Å². The minimum Gasteiger partial charge on any atom is -0.393 e. The molecule has 4 aromatic rings. The van der Waals surface area contributed by atoms with E-state index in [1.807, 2.05) is 55.6 Å². The van der Waals surface area contributed by atoms with Crippen LogP contribution in [0.15, 0.2) is 71.8 Å². The van der Waals surface area contributed by atoms with Crippen LogP contribution >= 0.6 is 0 Å². The summed E-state index contributed by atoms with van der Waals surface area (Å²) in [6.07, 6.45) is 4.82. The van der Waals surface area contributed by atoms with Crippen molar-refractivity contribution in [1.82, 2.24) is 19.7 Å². The van der Waals surface area contributed by atoms with E-state index in [2.05, 4.69) is 10.4 Å². The van der Waals surface area contributed by atoms with Crippen LogP contribution in [0, 0.1) is 5.92 Å². The van der Waals surface area contributed by atoms with Crippen molar-refractivity contribution in [2.45, 2.75) is 25.5 Å². The van der Waals surface area contributed by atoms with Crippen molar-refractivity contribution in [2.24, 2.45) is 13.0 Å². The van der Waals surface area contributed by atoms with Gasteiger partial charge in [0.25, 0.3) is 11.5 Å². The van der Waals surface area contributed by atoms with Crippen LogP contribution in [0.25, 0.3) is 22.0 Å². The van der Waals surface area contributed by atoms with Crippen LogP contribution in [0.2, 0.25) is 0 Å². The molecule has 2 aromatic heterocycles. The normalized spacial score (nSPS) is 17.6. The number of amides is 1. The number of carbonyl (C=O) groups excluding carboxylic acids is 1. The van der Waals surface area contributed by atoms with Crippen LogP contribution < -0.4 is 10.9 Å². The lowest BCUT2D eigenvalue weighted by Gasteiger charge is -2.31. The van der Waals surface area contributed by atoms with Crippen LogP contribution in [0.3, 0.4) is 0 Å². The summed E-state index contributed by atoms with van der Waals surface area (Å²) in [5.74, 6) is 0.216. The predicted molar refractivity (Wildman–Crippen MR) is 127 cm³/mol. The van der Waals surface area contributed by atoms with Gasteiger partial charge in [-0.1, -0.05) is 18.2 Å². The lowest BCUT2D eigenvalue weighted by atomic mass is 9.82. The van der Waals surface area contributed by atoms with Crippen LogP contribution in [0.4, 0.5) is 0 Å². The molecule has 33 heavy (non-hydrogen) atoms. The molecule has 5 rings (SSSR count). The highest BCUT2D eigenvalue weighted by Crippen LogP contribution is 2.26. The van der Waals surface area contributed by atoms with Crippen LogP contribution in [0.1, 0.15) is 28.8 Å². The number of rotatable bonds is 6. The first-order valence-corrected chi connectivity index (χ1v) is 11.1. The Balaban J connectivity index is 1.34. The number of aliphatic hydroxyl groups is 1. The molecular formula is C26H26N4O3. The topological polar surface area (TPSA) is 89.2 Å². The monoisotopic (exact) mass is 442 g/mol. The van der Waals surface area contributed by atoms with E-state index in [-0.39, 0.29) is 17.6 Å². The van der Waals surface area contributed by atoms with Gasteiger partial charge >= 0.3 is 0 Å².